The normalized spacial score (nSPS) is 10.2. The van der Waals surface area contributed by atoms with Crippen LogP contribution in [0.25, 0.3) is 0 Å². The standard InChI is InChI=1S/C17H15N5O2/c23-16-12(5-4-10-18-16)11-19-15-9-8-14(21-22-15)17(24)20-13-6-2-1-3-7-13/h1-10H,11H2,(H,18,23)(H,19,22)(H,20,24). The Morgan fingerprint density at radius 1 is 1.00 bits per heavy atom. The predicted octanol–water partition coefficient (Wildman–Crippen LogP) is 2.03. The first-order chi connectivity index (χ1) is 11.7. The predicted molar refractivity (Wildman–Crippen MR) is 90.8 cm³/mol. The van der Waals surface area contributed by atoms with Gasteiger partial charge in [0.05, 0.1) is 0 Å². The zero-order valence-electron chi connectivity index (χ0n) is 12.7. The lowest BCUT2D eigenvalue weighted by molar-refractivity contribution is 0.102. The number of hydrogen-bond donors (Lipinski definition) is 3. The first kappa shape index (κ1) is 15.4. The topological polar surface area (TPSA) is 99.8 Å². The lowest BCUT2D eigenvalue weighted by atomic mass is 10.3. The zero-order valence-corrected chi connectivity index (χ0v) is 12.7. The van der Waals surface area contributed by atoms with E-state index in [1.807, 2.05) is 18.2 Å². The van der Waals surface area contributed by atoms with Crippen LogP contribution in [0.15, 0.2) is 65.6 Å². The molecule has 0 atom stereocenters. The molecule has 1 aromatic carbocycles. The molecule has 0 radical (unpaired) electrons. The summed E-state index contributed by atoms with van der Waals surface area (Å²) >= 11 is 0. The van der Waals surface area contributed by atoms with Crippen LogP contribution in [-0.2, 0) is 6.54 Å². The van der Waals surface area contributed by atoms with Crippen LogP contribution in [0.5, 0.6) is 0 Å². The number of carbonyl (C=O) groups is 1. The number of nitrogens with one attached hydrogen (secondary N) is 3. The van der Waals surface area contributed by atoms with Crippen molar-refractivity contribution < 1.29 is 4.79 Å². The minimum Gasteiger partial charge on any atom is -0.364 e. The van der Waals surface area contributed by atoms with Gasteiger partial charge in [0.25, 0.3) is 11.5 Å². The second-order valence-electron chi connectivity index (χ2n) is 5.00. The Morgan fingerprint density at radius 3 is 2.54 bits per heavy atom. The highest BCUT2D eigenvalue weighted by atomic mass is 16.2. The Bertz CT molecular complexity index is 875. The summed E-state index contributed by atoms with van der Waals surface area (Å²) in [6.07, 6.45) is 1.58. The number of rotatable bonds is 5. The fourth-order valence-corrected chi connectivity index (χ4v) is 2.05. The van der Waals surface area contributed by atoms with E-state index < -0.39 is 0 Å². The quantitative estimate of drug-likeness (QED) is 0.667. The van der Waals surface area contributed by atoms with Crippen molar-refractivity contribution >= 4 is 17.4 Å². The first-order valence-corrected chi connectivity index (χ1v) is 7.33. The van der Waals surface area contributed by atoms with Crippen molar-refractivity contribution in [3.8, 4) is 0 Å². The Morgan fingerprint density at radius 2 is 1.83 bits per heavy atom. The van der Waals surface area contributed by atoms with Gasteiger partial charge in [0.15, 0.2) is 5.69 Å². The summed E-state index contributed by atoms with van der Waals surface area (Å²) in [7, 11) is 0. The molecule has 0 saturated carbocycles. The highest BCUT2D eigenvalue weighted by Gasteiger charge is 2.08. The highest BCUT2D eigenvalue weighted by Crippen LogP contribution is 2.08. The Hall–Kier alpha value is -3.48. The third-order valence-corrected chi connectivity index (χ3v) is 3.29. The van der Waals surface area contributed by atoms with E-state index in [1.54, 1.807) is 42.6 Å². The summed E-state index contributed by atoms with van der Waals surface area (Å²) in [6, 6.07) is 15.8. The van der Waals surface area contributed by atoms with Crippen LogP contribution >= 0.6 is 0 Å². The number of pyridine rings is 1. The van der Waals surface area contributed by atoms with Crippen molar-refractivity contribution in [3.63, 3.8) is 0 Å². The molecule has 3 rings (SSSR count). The molecule has 0 aliphatic rings. The minimum atomic E-state index is -0.334. The summed E-state index contributed by atoms with van der Waals surface area (Å²) in [6.45, 7) is 0.320. The van der Waals surface area contributed by atoms with Gasteiger partial charge in [0, 0.05) is 24.0 Å². The molecular formula is C17H15N5O2. The van der Waals surface area contributed by atoms with Crippen LogP contribution in [0.2, 0.25) is 0 Å². The maximum absolute atomic E-state index is 12.1. The smallest absolute Gasteiger partial charge is 0.276 e. The van der Waals surface area contributed by atoms with Gasteiger partial charge >= 0.3 is 0 Å². The van der Waals surface area contributed by atoms with Gasteiger partial charge in [-0.1, -0.05) is 24.3 Å². The molecule has 120 valence electrons. The van der Waals surface area contributed by atoms with E-state index in [0.29, 0.717) is 23.6 Å². The maximum Gasteiger partial charge on any atom is 0.276 e. The SMILES string of the molecule is O=C(Nc1ccccc1)c1ccc(NCc2ccc[nH]c2=O)nn1. The first-order valence-electron chi connectivity index (χ1n) is 7.33. The monoisotopic (exact) mass is 321 g/mol. The van der Waals surface area contributed by atoms with Crippen molar-refractivity contribution in [2.45, 2.75) is 6.54 Å². The fourth-order valence-electron chi connectivity index (χ4n) is 2.05. The summed E-state index contributed by atoms with van der Waals surface area (Å²) in [5.74, 6) is 0.147. The molecule has 2 heterocycles. The van der Waals surface area contributed by atoms with Crippen molar-refractivity contribution in [2.75, 3.05) is 10.6 Å². The van der Waals surface area contributed by atoms with Gasteiger partial charge in [-0.15, -0.1) is 10.2 Å². The Labute approximate surface area is 137 Å². The van der Waals surface area contributed by atoms with E-state index in [9.17, 15) is 9.59 Å². The molecule has 0 aliphatic heterocycles. The number of aromatic nitrogens is 3. The van der Waals surface area contributed by atoms with Gasteiger partial charge in [-0.3, -0.25) is 9.59 Å². The second kappa shape index (κ2) is 7.19. The highest BCUT2D eigenvalue weighted by molar-refractivity contribution is 6.02. The number of amides is 1. The third kappa shape index (κ3) is 3.83. The molecule has 7 heteroatoms. The second-order valence-corrected chi connectivity index (χ2v) is 5.00. The average Bonchev–Trinajstić information content (AvgIpc) is 2.62. The summed E-state index contributed by atoms with van der Waals surface area (Å²) in [5, 5.41) is 13.6. The number of benzene rings is 1. The summed E-state index contributed by atoms with van der Waals surface area (Å²) in [5.41, 5.74) is 1.33. The van der Waals surface area contributed by atoms with Crippen LogP contribution in [0.3, 0.4) is 0 Å². The Balaban J connectivity index is 1.62. The molecule has 0 aliphatic carbocycles. The Kier molecular flexibility index (Phi) is 4.62. The summed E-state index contributed by atoms with van der Waals surface area (Å²) in [4.78, 5) is 26.2. The molecule has 3 aromatic rings. The lowest BCUT2D eigenvalue weighted by Crippen LogP contribution is -2.16. The number of H-pyrrole nitrogens is 1. The van der Waals surface area contributed by atoms with Crippen LogP contribution in [0, 0.1) is 0 Å². The fraction of sp³-hybridized carbons (Fsp3) is 0.0588. The van der Waals surface area contributed by atoms with Gasteiger partial charge in [-0.25, -0.2) is 0 Å². The molecule has 2 aromatic heterocycles. The number of anilines is 2. The van der Waals surface area contributed by atoms with E-state index in [2.05, 4.69) is 25.8 Å². The van der Waals surface area contributed by atoms with Crippen LogP contribution in [0.1, 0.15) is 16.1 Å². The third-order valence-electron chi connectivity index (χ3n) is 3.29. The molecule has 0 spiro atoms. The molecule has 7 nitrogen and oxygen atoms in total. The van der Waals surface area contributed by atoms with Gasteiger partial charge in [0.2, 0.25) is 0 Å². The molecule has 0 unspecified atom stereocenters. The molecule has 3 N–H and O–H groups in total. The summed E-state index contributed by atoms with van der Waals surface area (Å²) < 4.78 is 0. The van der Waals surface area contributed by atoms with Crippen LogP contribution in [0.4, 0.5) is 11.5 Å². The van der Waals surface area contributed by atoms with E-state index in [4.69, 9.17) is 0 Å². The number of nitrogens with zero attached hydrogens (tertiary/aromatic N) is 2. The number of carbonyl (C=O) groups excluding carboxylic acids is 1. The van der Waals surface area contributed by atoms with E-state index in [1.165, 1.54) is 0 Å². The number of para-hydroxylation sites is 1. The molecule has 24 heavy (non-hydrogen) atoms. The van der Waals surface area contributed by atoms with E-state index in [0.717, 1.165) is 0 Å². The molecule has 1 amide bonds. The van der Waals surface area contributed by atoms with E-state index >= 15 is 0 Å². The van der Waals surface area contributed by atoms with Crippen molar-refractivity contribution in [3.05, 3.63) is 82.4 Å². The van der Waals surface area contributed by atoms with Gasteiger partial charge < -0.3 is 15.6 Å². The van der Waals surface area contributed by atoms with Gasteiger partial charge in [-0.05, 0) is 30.3 Å². The van der Waals surface area contributed by atoms with E-state index in [-0.39, 0.29) is 17.2 Å². The zero-order chi connectivity index (χ0) is 16.8. The van der Waals surface area contributed by atoms with Gasteiger partial charge in [0.1, 0.15) is 5.82 Å². The van der Waals surface area contributed by atoms with Crippen molar-refractivity contribution in [1.82, 2.24) is 15.2 Å². The maximum atomic E-state index is 12.1. The molecule has 0 bridgehead atoms. The largest absolute Gasteiger partial charge is 0.364 e. The van der Waals surface area contributed by atoms with Gasteiger partial charge in [-0.2, -0.15) is 0 Å². The molecule has 0 saturated heterocycles. The molecular weight excluding hydrogens is 306 g/mol. The van der Waals surface area contributed by atoms with Crippen molar-refractivity contribution in [1.29, 1.82) is 0 Å². The van der Waals surface area contributed by atoms with Crippen LogP contribution < -0.4 is 16.2 Å². The number of aromatic amines is 1. The van der Waals surface area contributed by atoms with Crippen molar-refractivity contribution in [2.24, 2.45) is 0 Å². The van der Waals surface area contributed by atoms with Crippen LogP contribution in [-0.4, -0.2) is 21.1 Å². The molecule has 0 fully saturated rings. The number of hydrogen-bond acceptors (Lipinski definition) is 5. The average molecular weight is 321 g/mol. The lowest BCUT2D eigenvalue weighted by Gasteiger charge is -2.06. The minimum absolute atomic E-state index is 0.156.